The number of hydrogen-bond acceptors (Lipinski definition) is 3. The molecule has 2 aliphatic heterocycles. The van der Waals surface area contributed by atoms with E-state index in [9.17, 15) is 0 Å². The number of hydrogen-bond donors (Lipinski definition) is 0. The SMILES string of the molecule is CCCCCCCCCCC(OCC1CO1)C1CO1. The van der Waals surface area contributed by atoms with Crippen LogP contribution in [-0.2, 0) is 14.2 Å². The summed E-state index contributed by atoms with van der Waals surface area (Å²) in [4.78, 5) is 0. The maximum absolute atomic E-state index is 5.90. The molecule has 0 amide bonds. The summed E-state index contributed by atoms with van der Waals surface area (Å²) < 4.78 is 16.5. The fraction of sp³-hybridized carbons (Fsp3) is 1.00. The van der Waals surface area contributed by atoms with E-state index >= 15 is 0 Å². The fourth-order valence-electron chi connectivity index (χ4n) is 2.52. The summed E-state index contributed by atoms with van der Waals surface area (Å²) in [5, 5.41) is 0. The van der Waals surface area contributed by atoms with Crippen LogP contribution >= 0.6 is 0 Å². The third kappa shape index (κ3) is 7.28. The van der Waals surface area contributed by atoms with Gasteiger partial charge in [-0.2, -0.15) is 0 Å². The molecule has 3 unspecified atom stereocenters. The van der Waals surface area contributed by atoms with Gasteiger partial charge in [0.1, 0.15) is 12.2 Å². The van der Waals surface area contributed by atoms with Crippen LogP contribution in [0.15, 0.2) is 0 Å². The second kappa shape index (κ2) is 8.93. The van der Waals surface area contributed by atoms with Crippen LogP contribution in [-0.4, -0.2) is 38.1 Å². The quantitative estimate of drug-likeness (QED) is 0.378. The van der Waals surface area contributed by atoms with Gasteiger partial charge in [-0.25, -0.2) is 0 Å². The molecule has 0 spiro atoms. The molecule has 2 rings (SSSR count). The van der Waals surface area contributed by atoms with Crippen LogP contribution in [0.1, 0.15) is 64.7 Å². The van der Waals surface area contributed by atoms with Gasteiger partial charge in [-0.15, -0.1) is 0 Å². The molecule has 3 heteroatoms. The second-order valence-electron chi connectivity index (χ2n) is 5.96. The third-order valence-electron chi connectivity index (χ3n) is 4.01. The molecule has 0 aromatic rings. The Labute approximate surface area is 118 Å². The van der Waals surface area contributed by atoms with E-state index in [1.54, 1.807) is 0 Å². The van der Waals surface area contributed by atoms with Crippen LogP contribution in [0.3, 0.4) is 0 Å². The number of rotatable bonds is 13. The Morgan fingerprint density at radius 2 is 1.58 bits per heavy atom. The summed E-state index contributed by atoms with van der Waals surface area (Å²) >= 11 is 0. The zero-order valence-electron chi connectivity index (χ0n) is 12.4. The number of ether oxygens (including phenoxy) is 3. The summed E-state index contributed by atoms with van der Waals surface area (Å²) in [5.74, 6) is 0. The molecule has 3 atom stereocenters. The van der Waals surface area contributed by atoms with Crippen molar-refractivity contribution in [2.45, 2.75) is 83.0 Å². The van der Waals surface area contributed by atoms with E-state index in [0.717, 1.165) is 26.2 Å². The van der Waals surface area contributed by atoms with Gasteiger partial charge in [0.2, 0.25) is 0 Å². The van der Waals surface area contributed by atoms with Crippen molar-refractivity contribution in [2.24, 2.45) is 0 Å². The maximum atomic E-state index is 5.90. The first kappa shape index (κ1) is 15.3. The normalized spacial score (nSPS) is 26.4. The highest BCUT2D eigenvalue weighted by Gasteiger charge is 2.34. The lowest BCUT2D eigenvalue weighted by molar-refractivity contribution is 0.0179. The first-order valence-electron chi connectivity index (χ1n) is 8.25. The Balaban J connectivity index is 1.41. The van der Waals surface area contributed by atoms with Crippen LogP contribution in [0.25, 0.3) is 0 Å². The molecule has 2 fully saturated rings. The highest BCUT2D eigenvalue weighted by Crippen LogP contribution is 2.24. The van der Waals surface area contributed by atoms with Gasteiger partial charge in [0, 0.05) is 0 Å². The smallest absolute Gasteiger partial charge is 0.107 e. The van der Waals surface area contributed by atoms with E-state index in [4.69, 9.17) is 14.2 Å². The van der Waals surface area contributed by atoms with Gasteiger partial charge in [0.05, 0.1) is 25.9 Å². The summed E-state index contributed by atoms with van der Waals surface area (Å²) in [6.07, 6.45) is 13.2. The van der Waals surface area contributed by atoms with E-state index in [1.165, 1.54) is 51.4 Å². The Bertz CT molecular complexity index is 224. The van der Waals surface area contributed by atoms with E-state index in [1.807, 2.05) is 0 Å². The van der Waals surface area contributed by atoms with Crippen LogP contribution in [0.4, 0.5) is 0 Å². The Morgan fingerprint density at radius 1 is 0.947 bits per heavy atom. The standard InChI is InChI=1S/C16H30O3/c1-2-3-4-5-6-7-8-9-10-15(16-13-19-16)18-12-14-11-17-14/h14-16H,2-13H2,1H3. The van der Waals surface area contributed by atoms with Gasteiger partial charge in [0.25, 0.3) is 0 Å². The largest absolute Gasteiger partial charge is 0.373 e. The van der Waals surface area contributed by atoms with Crippen molar-refractivity contribution >= 4 is 0 Å². The van der Waals surface area contributed by atoms with Crippen LogP contribution in [0, 0.1) is 0 Å². The number of epoxide rings is 2. The highest BCUT2D eigenvalue weighted by molar-refractivity contribution is 4.81. The molecule has 0 N–H and O–H groups in total. The molecule has 0 aromatic carbocycles. The lowest BCUT2D eigenvalue weighted by Crippen LogP contribution is -2.22. The van der Waals surface area contributed by atoms with Crippen molar-refractivity contribution in [3.05, 3.63) is 0 Å². The van der Waals surface area contributed by atoms with Gasteiger partial charge < -0.3 is 14.2 Å². The lowest BCUT2D eigenvalue weighted by Gasteiger charge is -2.14. The fourth-order valence-corrected chi connectivity index (χ4v) is 2.52. The Hall–Kier alpha value is -0.120. The molecule has 2 aliphatic rings. The van der Waals surface area contributed by atoms with Crippen LogP contribution in [0.2, 0.25) is 0 Å². The van der Waals surface area contributed by atoms with Gasteiger partial charge in [0.15, 0.2) is 0 Å². The van der Waals surface area contributed by atoms with E-state index in [-0.39, 0.29) is 0 Å². The second-order valence-corrected chi connectivity index (χ2v) is 5.96. The van der Waals surface area contributed by atoms with Gasteiger partial charge >= 0.3 is 0 Å². The topological polar surface area (TPSA) is 34.3 Å². The molecule has 112 valence electrons. The maximum Gasteiger partial charge on any atom is 0.107 e. The minimum Gasteiger partial charge on any atom is -0.373 e. The average molecular weight is 270 g/mol. The van der Waals surface area contributed by atoms with Gasteiger partial charge in [-0.1, -0.05) is 58.3 Å². The van der Waals surface area contributed by atoms with Crippen molar-refractivity contribution < 1.29 is 14.2 Å². The molecule has 0 saturated carbocycles. The molecule has 3 nitrogen and oxygen atoms in total. The Morgan fingerprint density at radius 3 is 2.16 bits per heavy atom. The summed E-state index contributed by atoms with van der Waals surface area (Å²) in [6, 6.07) is 0. The third-order valence-corrected chi connectivity index (χ3v) is 4.01. The average Bonchev–Trinajstić information content (AvgIpc) is 3.28. The van der Waals surface area contributed by atoms with Crippen molar-refractivity contribution in [1.29, 1.82) is 0 Å². The van der Waals surface area contributed by atoms with Crippen LogP contribution in [0.5, 0.6) is 0 Å². The van der Waals surface area contributed by atoms with Crippen molar-refractivity contribution in [1.82, 2.24) is 0 Å². The summed E-state index contributed by atoms with van der Waals surface area (Å²) in [6.45, 7) is 4.82. The zero-order chi connectivity index (χ0) is 13.3. The van der Waals surface area contributed by atoms with Crippen molar-refractivity contribution in [2.75, 3.05) is 19.8 Å². The minimum absolute atomic E-state index is 0.323. The molecule has 0 radical (unpaired) electrons. The summed E-state index contributed by atoms with van der Waals surface area (Å²) in [7, 11) is 0. The molecule has 0 aliphatic carbocycles. The van der Waals surface area contributed by atoms with Gasteiger partial charge in [-0.3, -0.25) is 0 Å². The molecular weight excluding hydrogens is 240 g/mol. The van der Waals surface area contributed by atoms with Crippen molar-refractivity contribution in [3.63, 3.8) is 0 Å². The first-order valence-corrected chi connectivity index (χ1v) is 8.25. The van der Waals surface area contributed by atoms with E-state index in [2.05, 4.69) is 6.92 Å². The zero-order valence-corrected chi connectivity index (χ0v) is 12.4. The van der Waals surface area contributed by atoms with Gasteiger partial charge in [-0.05, 0) is 6.42 Å². The molecule has 0 aromatic heterocycles. The molecule has 2 heterocycles. The van der Waals surface area contributed by atoms with E-state index in [0.29, 0.717) is 18.3 Å². The lowest BCUT2D eigenvalue weighted by atomic mass is 10.0. The molecule has 0 bridgehead atoms. The monoisotopic (exact) mass is 270 g/mol. The van der Waals surface area contributed by atoms with E-state index < -0.39 is 0 Å². The minimum atomic E-state index is 0.323. The van der Waals surface area contributed by atoms with Crippen molar-refractivity contribution in [3.8, 4) is 0 Å². The summed E-state index contributed by atoms with van der Waals surface area (Å²) in [5.41, 5.74) is 0. The number of unbranched alkanes of at least 4 members (excludes halogenated alkanes) is 7. The Kier molecular flexibility index (Phi) is 7.18. The predicted molar refractivity (Wildman–Crippen MR) is 76.4 cm³/mol. The first-order chi connectivity index (χ1) is 9.40. The molecule has 19 heavy (non-hydrogen) atoms. The molecule has 2 saturated heterocycles. The van der Waals surface area contributed by atoms with Crippen LogP contribution < -0.4 is 0 Å². The predicted octanol–water partition coefficient (Wildman–Crippen LogP) is 3.70. The highest BCUT2D eigenvalue weighted by atomic mass is 16.6. The molecular formula is C16H30O3.